The molecule has 2 heterocycles. The summed E-state index contributed by atoms with van der Waals surface area (Å²) >= 11 is 0. The van der Waals surface area contributed by atoms with Gasteiger partial charge in [0.15, 0.2) is 5.82 Å². The second kappa shape index (κ2) is 8.90. The molecule has 3 unspecified atom stereocenters. The van der Waals surface area contributed by atoms with Crippen molar-refractivity contribution < 1.29 is 4.79 Å². The summed E-state index contributed by atoms with van der Waals surface area (Å²) in [4.78, 5) is 14.3. The lowest BCUT2D eigenvalue weighted by molar-refractivity contribution is -0.124. The Morgan fingerprint density at radius 2 is 2.36 bits per heavy atom. The molecule has 0 aliphatic carbocycles. The number of halogens is 1. The van der Waals surface area contributed by atoms with E-state index in [0.717, 1.165) is 38.2 Å². The van der Waals surface area contributed by atoms with E-state index in [0.29, 0.717) is 0 Å². The molecule has 1 fully saturated rings. The third-order valence-corrected chi connectivity index (χ3v) is 4.21. The van der Waals surface area contributed by atoms with E-state index in [2.05, 4.69) is 20.4 Å². The first kappa shape index (κ1) is 18.6. The first-order chi connectivity index (χ1) is 10.1. The molecule has 0 spiro atoms. The van der Waals surface area contributed by atoms with Gasteiger partial charge in [-0.3, -0.25) is 4.79 Å². The van der Waals surface area contributed by atoms with Crippen molar-refractivity contribution in [2.24, 2.45) is 11.7 Å². The number of piperidine rings is 1. The fraction of sp³-hybridized carbons (Fsp3) is 0.667. The third-order valence-electron chi connectivity index (χ3n) is 4.21. The van der Waals surface area contributed by atoms with Crippen molar-refractivity contribution in [3.8, 4) is 0 Å². The second-order valence-corrected chi connectivity index (χ2v) is 5.79. The Hall–Kier alpha value is -1.40. The van der Waals surface area contributed by atoms with Crippen molar-refractivity contribution in [1.29, 1.82) is 0 Å². The van der Waals surface area contributed by atoms with Gasteiger partial charge in [-0.15, -0.1) is 17.5 Å². The molecule has 0 radical (unpaired) electrons. The number of amides is 1. The van der Waals surface area contributed by atoms with E-state index in [1.807, 2.05) is 26.0 Å². The Morgan fingerprint density at radius 3 is 3.00 bits per heavy atom. The van der Waals surface area contributed by atoms with Gasteiger partial charge in [0, 0.05) is 25.3 Å². The van der Waals surface area contributed by atoms with Gasteiger partial charge in [0.1, 0.15) is 0 Å². The quantitative estimate of drug-likeness (QED) is 0.853. The fourth-order valence-electron chi connectivity index (χ4n) is 2.57. The van der Waals surface area contributed by atoms with Crippen LogP contribution in [0.1, 0.15) is 33.1 Å². The highest BCUT2D eigenvalue weighted by Gasteiger charge is 2.26. The molecule has 1 aromatic heterocycles. The summed E-state index contributed by atoms with van der Waals surface area (Å²) in [6, 6.07) is 3.52. The van der Waals surface area contributed by atoms with Crippen LogP contribution in [0.3, 0.4) is 0 Å². The van der Waals surface area contributed by atoms with E-state index in [1.165, 1.54) is 0 Å². The van der Waals surface area contributed by atoms with E-state index >= 15 is 0 Å². The van der Waals surface area contributed by atoms with Crippen LogP contribution in [-0.4, -0.2) is 41.3 Å². The number of hydrogen-bond donors (Lipinski definition) is 2. The number of carbonyl (C=O) groups excluding carboxylic acids is 1. The maximum absolute atomic E-state index is 12.2. The normalized spacial score (nSPS) is 20.7. The maximum Gasteiger partial charge on any atom is 0.237 e. The van der Waals surface area contributed by atoms with E-state index in [-0.39, 0.29) is 30.3 Å². The molecule has 1 saturated heterocycles. The van der Waals surface area contributed by atoms with E-state index < -0.39 is 6.04 Å². The minimum atomic E-state index is -0.429. The van der Waals surface area contributed by atoms with Gasteiger partial charge in [0.2, 0.25) is 5.91 Å². The first-order valence-electron chi connectivity index (χ1n) is 7.70. The molecule has 124 valence electrons. The topological polar surface area (TPSA) is 84.1 Å². The number of nitrogens with one attached hydrogen (secondary N) is 1. The smallest absolute Gasteiger partial charge is 0.237 e. The number of rotatable bonds is 5. The van der Waals surface area contributed by atoms with E-state index in [4.69, 9.17) is 5.73 Å². The average molecular weight is 328 g/mol. The van der Waals surface area contributed by atoms with Crippen molar-refractivity contribution in [1.82, 2.24) is 15.5 Å². The van der Waals surface area contributed by atoms with E-state index in [1.54, 1.807) is 6.20 Å². The zero-order valence-electron chi connectivity index (χ0n) is 13.2. The fourth-order valence-corrected chi connectivity index (χ4v) is 2.57. The predicted octanol–water partition coefficient (Wildman–Crippen LogP) is 1.36. The highest BCUT2D eigenvalue weighted by molar-refractivity contribution is 5.85. The van der Waals surface area contributed by atoms with Crippen LogP contribution in [0.2, 0.25) is 0 Å². The molecule has 0 saturated carbocycles. The Morgan fingerprint density at radius 1 is 1.59 bits per heavy atom. The van der Waals surface area contributed by atoms with Crippen LogP contribution in [-0.2, 0) is 4.79 Å². The molecule has 22 heavy (non-hydrogen) atoms. The highest BCUT2D eigenvalue weighted by atomic mass is 35.5. The largest absolute Gasteiger partial charge is 0.353 e. The molecular weight excluding hydrogens is 302 g/mol. The van der Waals surface area contributed by atoms with Crippen LogP contribution in [0.4, 0.5) is 5.82 Å². The van der Waals surface area contributed by atoms with Crippen molar-refractivity contribution in [3.05, 3.63) is 18.3 Å². The third kappa shape index (κ3) is 4.81. The van der Waals surface area contributed by atoms with Crippen molar-refractivity contribution in [2.45, 2.75) is 45.2 Å². The van der Waals surface area contributed by atoms with Crippen LogP contribution in [0.25, 0.3) is 0 Å². The number of hydrogen-bond acceptors (Lipinski definition) is 5. The Bertz CT molecular complexity index is 459. The van der Waals surface area contributed by atoms with Gasteiger partial charge in [0.05, 0.1) is 6.04 Å². The van der Waals surface area contributed by atoms with Gasteiger partial charge in [-0.2, -0.15) is 5.10 Å². The standard InChI is InChI=1S/C15H25N5O.ClH/c1-3-11(2)14(16)15(21)18-12-6-5-9-20(10-12)13-7-4-8-17-19-13;/h4,7-8,11-12,14H,3,5-6,9-10,16H2,1-2H3,(H,18,21);1H. The number of carbonyl (C=O) groups is 1. The predicted molar refractivity (Wildman–Crippen MR) is 90.1 cm³/mol. The molecule has 3 N–H and O–H groups in total. The van der Waals surface area contributed by atoms with Crippen LogP contribution in [0.5, 0.6) is 0 Å². The number of anilines is 1. The number of aromatic nitrogens is 2. The van der Waals surface area contributed by atoms with Crippen LogP contribution >= 0.6 is 12.4 Å². The van der Waals surface area contributed by atoms with Crippen molar-refractivity contribution >= 4 is 24.1 Å². The van der Waals surface area contributed by atoms with Gasteiger partial charge in [-0.05, 0) is 30.9 Å². The second-order valence-electron chi connectivity index (χ2n) is 5.79. The minimum Gasteiger partial charge on any atom is -0.353 e. The Balaban J connectivity index is 0.00000242. The van der Waals surface area contributed by atoms with Crippen LogP contribution in [0.15, 0.2) is 18.3 Å². The average Bonchev–Trinajstić information content (AvgIpc) is 2.54. The maximum atomic E-state index is 12.2. The summed E-state index contributed by atoms with van der Waals surface area (Å²) in [7, 11) is 0. The minimum absolute atomic E-state index is 0. The lowest BCUT2D eigenvalue weighted by Gasteiger charge is -2.34. The summed E-state index contributed by atoms with van der Waals surface area (Å²) in [5.74, 6) is 1.02. The summed E-state index contributed by atoms with van der Waals surface area (Å²) in [5.41, 5.74) is 5.99. The lowest BCUT2D eigenvalue weighted by atomic mass is 9.98. The van der Waals surface area contributed by atoms with Gasteiger partial charge < -0.3 is 16.0 Å². The Labute approximate surface area is 138 Å². The molecule has 1 aliphatic rings. The highest BCUT2D eigenvalue weighted by Crippen LogP contribution is 2.17. The van der Waals surface area contributed by atoms with Gasteiger partial charge in [-0.1, -0.05) is 20.3 Å². The van der Waals surface area contributed by atoms with E-state index in [9.17, 15) is 4.79 Å². The molecule has 6 nitrogen and oxygen atoms in total. The Kier molecular flexibility index (Phi) is 7.55. The molecule has 1 aromatic rings. The summed E-state index contributed by atoms with van der Waals surface area (Å²) in [6.07, 6.45) is 4.58. The summed E-state index contributed by atoms with van der Waals surface area (Å²) < 4.78 is 0. The van der Waals surface area contributed by atoms with Crippen molar-refractivity contribution in [3.63, 3.8) is 0 Å². The van der Waals surface area contributed by atoms with Gasteiger partial charge in [0.25, 0.3) is 0 Å². The molecule has 0 aromatic carbocycles. The number of nitrogens with zero attached hydrogens (tertiary/aromatic N) is 3. The molecule has 7 heteroatoms. The van der Waals surface area contributed by atoms with Crippen molar-refractivity contribution in [2.75, 3.05) is 18.0 Å². The monoisotopic (exact) mass is 327 g/mol. The molecule has 0 bridgehead atoms. The first-order valence-corrected chi connectivity index (χ1v) is 7.70. The molecular formula is C15H26ClN5O. The zero-order chi connectivity index (χ0) is 15.2. The molecule has 1 aliphatic heterocycles. The molecule has 2 rings (SSSR count). The SMILES string of the molecule is CCC(C)C(N)C(=O)NC1CCCN(c2cccnn2)C1.Cl. The van der Waals surface area contributed by atoms with Crippen LogP contribution < -0.4 is 16.0 Å². The summed E-state index contributed by atoms with van der Waals surface area (Å²) in [5, 5.41) is 11.1. The number of nitrogens with two attached hydrogens (primary N) is 1. The summed E-state index contributed by atoms with van der Waals surface area (Å²) in [6.45, 7) is 5.77. The zero-order valence-corrected chi connectivity index (χ0v) is 14.1. The lowest BCUT2D eigenvalue weighted by Crippen LogP contribution is -2.53. The molecule has 1 amide bonds. The van der Waals surface area contributed by atoms with Crippen LogP contribution in [0, 0.1) is 5.92 Å². The molecule has 3 atom stereocenters. The van der Waals surface area contributed by atoms with Gasteiger partial charge >= 0.3 is 0 Å². The van der Waals surface area contributed by atoms with Gasteiger partial charge in [-0.25, -0.2) is 0 Å².